The van der Waals surface area contributed by atoms with Crippen LogP contribution in [0.4, 0.5) is 0 Å². The third-order valence-corrected chi connectivity index (χ3v) is 2.62. The summed E-state index contributed by atoms with van der Waals surface area (Å²) in [6.45, 7) is 0.0203. The Morgan fingerprint density at radius 1 is 1.36 bits per heavy atom. The average Bonchev–Trinajstić information content (AvgIpc) is 2.26. The summed E-state index contributed by atoms with van der Waals surface area (Å²) >= 11 is 0. The Hall–Kier alpha value is -0.900. The van der Waals surface area contributed by atoms with Crippen LogP contribution in [0.5, 0.6) is 0 Å². The summed E-state index contributed by atoms with van der Waals surface area (Å²) in [5.74, 6) is -0.0981. The lowest BCUT2D eigenvalue weighted by Gasteiger charge is -2.23. The van der Waals surface area contributed by atoms with E-state index in [1.807, 2.05) is 0 Å². The van der Waals surface area contributed by atoms with Crippen molar-refractivity contribution in [2.45, 2.75) is 25.7 Å². The molecule has 0 N–H and O–H groups in total. The number of carbonyl (C=O) groups is 2. The summed E-state index contributed by atoms with van der Waals surface area (Å²) in [6.07, 6.45) is 4.10. The maximum atomic E-state index is 11.4. The van der Waals surface area contributed by atoms with Crippen molar-refractivity contribution < 1.29 is 19.1 Å². The van der Waals surface area contributed by atoms with E-state index in [0.717, 1.165) is 32.0 Å². The third-order valence-electron chi connectivity index (χ3n) is 2.62. The molecular weight excluding hydrogens is 184 g/mol. The molecule has 0 aromatic heterocycles. The number of ether oxygens (including phenoxy) is 2. The van der Waals surface area contributed by atoms with Gasteiger partial charge in [0.25, 0.3) is 0 Å². The van der Waals surface area contributed by atoms with Gasteiger partial charge in [0.15, 0.2) is 6.79 Å². The van der Waals surface area contributed by atoms with Gasteiger partial charge in [0, 0.05) is 13.0 Å². The van der Waals surface area contributed by atoms with E-state index in [1.54, 1.807) is 0 Å². The number of aldehydes is 1. The van der Waals surface area contributed by atoms with Gasteiger partial charge in [-0.25, -0.2) is 0 Å². The van der Waals surface area contributed by atoms with Crippen LogP contribution >= 0.6 is 0 Å². The van der Waals surface area contributed by atoms with Crippen LogP contribution in [-0.2, 0) is 19.1 Å². The first kappa shape index (κ1) is 11.2. The summed E-state index contributed by atoms with van der Waals surface area (Å²) in [6, 6.07) is 0. The lowest BCUT2D eigenvalue weighted by Crippen LogP contribution is -2.24. The molecule has 80 valence electrons. The van der Waals surface area contributed by atoms with Gasteiger partial charge in [0.2, 0.25) is 0 Å². The summed E-state index contributed by atoms with van der Waals surface area (Å²) in [7, 11) is 1.48. The van der Waals surface area contributed by atoms with Crippen molar-refractivity contribution in [2.75, 3.05) is 13.9 Å². The minimum absolute atomic E-state index is 0.0203. The monoisotopic (exact) mass is 200 g/mol. The minimum Gasteiger partial charge on any atom is -0.438 e. The lowest BCUT2D eigenvalue weighted by molar-refractivity contribution is -0.160. The largest absolute Gasteiger partial charge is 0.438 e. The SMILES string of the molecule is COCOC(=O)C1CCC(C=O)CC1. The van der Waals surface area contributed by atoms with Gasteiger partial charge in [-0.1, -0.05) is 0 Å². The molecule has 0 heterocycles. The zero-order chi connectivity index (χ0) is 10.4. The van der Waals surface area contributed by atoms with Gasteiger partial charge in [0.05, 0.1) is 5.92 Å². The number of carbonyl (C=O) groups excluding carboxylic acids is 2. The molecule has 0 aliphatic heterocycles. The topological polar surface area (TPSA) is 52.6 Å². The zero-order valence-electron chi connectivity index (χ0n) is 8.40. The molecule has 1 fully saturated rings. The summed E-state index contributed by atoms with van der Waals surface area (Å²) in [5, 5.41) is 0. The number of hydrogen-bond acceptors (Lipinski definition) is 4. The first-order valence-corrected chi connectivity index (χ1v) is 4.88. The molecule has 0 saturated heterocycles. The zero-order valence-corrected chi connectivity index (χ0v) is 8.40. The van der Waals surface area contributed by atoms with Gasteiger partial charge in [-0.05, 0) is 25.7 Å². The van der Waals surface area contributed by atoms with Crippen molar-refractivity contribution in [3.8, 4) is 0 Å². The van der Waals surface area contributed by atoms with Gasteiger partial charge in [-0.15, -0.1) is 0 Å². The van der Waals surface area contributed by atoms with Crippen LogP contribution in [-0.4, -0.2) is 26.2 Å². The summed E-state index contributed by atoms with van der Waals surface area (Å²) < 4.78 is 9.50. The number of methoxy groups -OCH3 is 1. The van der Waals surface area contributed by atoms with Gasteiger partial charge >= 0.3 is 5.97 Å². The standard InChI is InChI=1S/C10H16O4/c1-13-7-14-10(12)9-4-2-8(6-11)3-5-9/h6,8-9H,2-5,7H2,1H3. The number of hydrogen-bond donors (Lipinski definition) is 0. The van der Waals surface area contributed by atoms with E-state index >= 15 is 0 Å². The molecule has 1 aliphatic rings. The minimum atomic E-state index is -0.198. The molecule has 4 heteroatoms. The maximum Gasteiger partial charge on any atom is 0.311 e. The fourth-order valence-corrected chi connectivity index (χ4v) is 1.73. The van der Waals surface area contributed by atoms with Crippen molar-refractivity contribution in [1.29, 1.82) is 0 Å². The van der Waals surface area contributed by atoms with E-state index in [1.165, 1.54) is 7.11 Å². The molecule has 0 spiro atoms. The molecule has 0 unspecified atom stereocenters. The molecule has 0 atom stereocenters. The normalized spacial score (nSPS) is 26.9. The van der Waals surface area contributed by atoms with Gasteiger partial charge in [-0.2, -0.15) is 0 Å². The smallest absolute Gasteiger partial charge is 0.311 e. The predicted octanol–water partition coefficient (Wildman–Crippen LogP) is 1.14. The molecule has 1 rings (SSSR count). The van der Waals surface area contributed by atoms with Crippen LogP contribution in [0, 0.1) is 11.8 Å². The van der Waals surface area contributed by atoms with E-state index in [2.05, 4.69) is 4.74 Å². The fourth-order valence-electron chi connectivity index (χ4n) is 1.73. The van der Waals surface area contributed by atoms with Crippen LogP contribution in [0.25, 0.3) is 0 Å². The molecule has 0 aromatic rings. The van der Waals surface area contributed by atoms with E-state index < -0.39 is 0 Å². The maximum absolute atomic E-state index is 11.4. The third kappa shape index (κ3) is 3.10. The second-order valence-electron chi connectivity index (χ2n) is 3.62. The van der Waals surface area contributed by atoms with Gasteiger partial charge in [-0.3, -0.25) is 4.79 Å². The second kappa shape index (κ2) is 5.75. The average molecular weight is 200 g/mol. The van der Waals surface area contributed by atoms with Crippen LogP contribution in [0.1, 0.15) is 25.7 Å². The summed E-state index contributed by atoms with van der Waals surface area (Å²) in [5.41, 5.74) is 0. The van der Waals surface area contributed by atoms with Crippen LogP contribution in [0.3, 0.4) is 0 Å². The molecular formula is C10H16O4. The lowest BCUT2D eigenvalue weighted by atomic mass is 9.83. The van der Waals surface area contributed by atoms with Gasteiger partial charge in [0.1, 0.15) is 6.29 Å². The number of esters is 1. The van der Waals surface area contributed by atoms with E-state index in [9.17, 15) is 9.59 Å². The second-order valence-corrected chi connectivity index (χ2v) is 3.62. The van der Waals surface area contributed by atoms with Crippen LogP contribution < -0.4 is 0 Å². The highest BCUT2D eigenvalue weighted by Crippen LogP contribution is 2.28. The van der Waals surface area contributed by atoms with Crippen molar-refractivity contribution >= 4 is 12.3 Å². The Labute approximate surface area is 83.6 Å². The van der Waals surface area contributed by atoms with Crippen molar-refractivity contribution in [2.24, 2.45) is 11.8 Å². The van der Waals surface area contributed by atoms with Crippen molar-refractivity contribution in [1.82, 2.24) is 0 Å². The Morgan fingerprint density at radius 2 is 2.00 bits per heavy atom. The highest BCUT2D eigenvalue weighted by molar-refractivity contribution is 5.72. The van der Waals surface area contributed by atoms with Crippen molar-refractivity contribution in [3.63, 3.8) is 0 Å². The van der Waals surface area contributed by atoms with Crippen molar-refractivity contribution in [3.05, 3.63) is 0 Å². The summed E-state index contributed by atoms with van der Waals surface area (Å²) in [4.78, 5) is 21.8. The van der Waals surface area contributed by atoms with Crippen LogP contribution in [0.15, 0.2) is 0 Å². The predicted molar refractivity (Wildman–Crippen MR) is 49.5 cm³/mol. The molecule has 0 amide bonds. The highest BCUT2D eigenvalue weighted by Gasteiger charge is 2.26. The molecule has 14 heavy (non-hydrogen) atoms. The Kier molecular flexibility index (Phi) is 4.59. The van der Waals surface area contributed by atoms with E-state index in [4.69, 9.17) is 4.74 Å². The van der Waals surface area contributed by atoms with E-state index in [0.29, 0.717) is 0 Å². The molecule has 1 aliphatic carbocycles. The highest BCUT2D eigenvalue weighted by atomic mass is 16.7. The molecule has 0 aromatic carbocycles. The molecule has 1 saturated carbocycles. The van der Waals surface area contributed by atoms with Gasteiger partial charge < -0.3 is 14.3 Å². The first-order chi connectivity index (χ1) is 6.77. The van der Waals surface area contributed by atoms with Crippen LogP contribution in [0.2, 0.25) is 0 Å². The quantitative estimate of drug-likeness (QED) is 0.388. The number of rotatable bonds is 4. The Bertz CT molecular complexity index is 194. The Morgan fingerprint density at radius 3 is 2.50 bits per heavy atom. The Balaban J connectivity index is 2.26. The molecule has 4 nitrogen and oxygen atoms in total. The molecule has 0 bridgehead atoms. The molecule has 0 radical (unpaired) electrons. The first-order valence-electron chi connectivity index (χ1n) is 4.88. The fraction of sp³-hybridized carbons (Fsp3) is 0.800. The van der Waals surface area contributed by atoms with E-state index in [-0.39, 0.29) is 24.6 Å².